The molecule has 0 saturated carbocycles. The van der Waals surface area contributed by atoms with Gasteiger partial charge in [-0.1, -0.05) is 0 Å². The van der Waals surface area contributed by atoms with Crippen molar-refractivity contribution in [2.45, 2.75) is 18.8 Å². The molecule has 3 nitrogen and oxygen atoms in total. The first kappa shape index (κ1) is 11.7. The topological polar surface area (TPSA) is 38.1 Å². The van der Waals surface area contributed by atoms with E-state index >= 15 is 0 Å². The summed E-state index contributed by atoms with van der Waals surface area (Å²) in [6.45, 7) is 1.56. The van der Waals surface area contributed by atoms with Gasteiger partial charge in [0.1, 0.15) is 16.5 Å². The molecule has 0 saturated heterocycles. The zero-order chi connectivity index (χ0) is 11.2. The van der Waals surface area contributed by atoms with Gasteiger partial charge in [-0.2, -0.15) is 11.8 Å². The van der Waals surface area contributed by atoms with Crippen LogP contribution in [0.1, 0.15) is 16.5 Å². The quantitative estimate of drug-likeness (QED) is 0.860. The van der Waals surface area contributed by atoms with E-state index in [1.807, 2.05) is 23.7 Å². The van der Waals surface area contributed by atoms with Gasteiger partial charge in [0.25, 0.3) is 0 Å². The summed E-state index contributed by atoms with van der Waals surface area (Å²) in [6.07, 6.45) is 3.90. The lowest BCUT2D eigenvalue weighted by molar-refractivity contribution is 0.459. The summed E-state index contributed by atoms with van der Waals surface area (Å²) in [5.74, 6) is 2.96. The van der Waals surface area contributed by atoms with E-state index in [9.17, 15) is 0 Å². The average Bonchev–Trinajstić information content (AvgIpc) is 2.90. The third-order valence-electron chi connectivity index (χ3n) is 2.06. The number of rotatable bonds is 6. The van der Waals surface area contributed by atoms with E-state index in [2.05, 4.69) is 16.6 Å². The Balaban J connectivity index is 1.76. The molecule has 5 heteroatoms. The highest BCUT2D eigenvalue weighted by atomic mass is 32.2. The molecule has 2 rings (SSSR count). The van der Waals surface area contributed by atoms with Crippen molar-refractivity contribution < 1.29 is 4.42 Å². The maximum absolute atomic E-state index is 5.64. The first-order valence-electron chi connectivity index (χ1n) is 5.04. The SMILES string of the molecule is CSCc1ccc(CNCc2nccs2)o1. The molecule has 0 atom stereocenters. The molecule has 0 aliphatic heterocycles. The van der Waals surface area contributed by atoms with Crippen LogP contribution in [0.5, 0.6) is 0 Å². The maximum Gasteiger partial charge on any atom is 0.118 e. The standard InChI is InChI=1S/C11H14N2OS2/c1-15-8-10-3-2-9(14-10)6-12-7-11-13-4-5-16-11/h2-5,12H,6-8H2,1H3. The van der Waals surface area contributed by atoms with Crippen molar-refractivity contribution in [3.63, 3.8) is 0 Å². The highest BCUT2D eigenvalue weighted by Crippen LogP contribution is 2.13. The van der Waals surface area contributed by atoms with Gasteiger partial charge in [0, 0.05) is 18.1 Å². The number of furan rings is 1. The number of thioether (sulfide) groups is 1. The molecular formula is C11H14N2OS2. The maximum atomic E-state index is 5.64. The lowest BCUT2D eigenvalue weighted by Gasteiger charge is -1.99. The van der Waals surface area contributed by atoms with E-state index in [0.717, 1.165) is 35.4 Å². The number of nitrogens with zero attached hydrogens (tertiary/aromatic N) is 1. The Hall–Kier alpha value is -0.780. The number of hydrogen-bond donors (Lipinski definition) is 1. The van der Waals surface area contributed by atoms with Gasteiger partial charge >= 0.3 is 0 Å². The van der Waals surface area contributed by atoms with Crippen LogP contribution in [0, 0.1) is 0 Å². The van der Waals surface area contributed by atoms with E-state index in [0.29, 0.717) is 0 Å². The van der Waals surface area contributed by atoms with Crippen molar-refractivity contribution in [2.24, 2.45) is 0 Å². The Morgan fingerprint density at radius 3 is 3.00 bits per heavy atom. The summed E-state index contributed by atoms with van der Waals surface area (Å²) in [7, 11) is 0. The molecule has 2 aromatic heterocycles. The predicted octanol–water partition coefficient (Wildman–Crippen LogP) is 2.89. The molecule has 0 unspecified atom stereocenters. The van der Waals surface area contributed by atoms with Crippen LogP contribution in [0.3, 0.4) is 0 Å². The largest absolute Gasteiger partial charge is 0.464 e. The first-order chi connectivity index (χ1) is 7.88. The lowest BCUT2D eigenvalue weighted by atomic mass is 10.4. The summed E-state index contributed by atoms with van der Waals surface area (Å²) >= 11 is 3.43. The zero-order valence-corrected chi connectivity index (χ0v) is 10.7. The van der Waals surface area contributed by atoms with E-state index in [1.165, 1.54) is 0 Å². The summed E-state index contributed by atoms with van der Waals surface area (Å²) < 4.78 is 5.64. The lowest BCUT2D eigenvalue weighted by Crippen LogP contribution is -2.11. The van der Waals surface area contributed by atoms with E-state index in [1.54, 1.807) is 23.1 Å². The highest BCUT2D eigenvalue weighted by Gasteiger charge is 2.01. The van der Waals surface area contributed by atoms with Crippen molar-refractivity contribution in [3.8, 4) is 0 Å². The normalized spacial score (nSPS) is 10.8. The average molecular weight is 254 g/mol. The number of thiazole rings is 1. The minimum absolute atomic E-state index is 0.758. The molecule has 0 aliphatic rings. The van der Waals surface area contributed by atoms with Crippen LogP contribution in [0.25, 0.3) is 0 Å². The fourth-order valence-electron chi connectivity index (χ4n) is 1.37. The van der Waals surface area contributed by atoms with Crippen LogP contribution >= 0.6 is 23.1 Å². The van der Waals surface area contributed by atoms with E-state index in [4.69, 9.17) is 4.42 Å². The Morgan fingerprint density at radius 1 is 1.38 bits per heavy atom. The van der Waals surface area contributed by atoms with Gasteiger partial charge in [-0.05, 0) is 18.4 Å². The van der Waals surface area contributed by atoms with E-state index < -0.39 is 0 Å². The van der Waals surface area contributed by atoms with Crippen LogP contribution in [-0.2, 0) is 18.8 Å². The minimum Gasteiger partial charge on any atom is -0.464 e. The Labute approximate surface area is 103 Å². The fourth-order valence-corrected chi connectivity index (χ4v) is 2.40. The van der Waals surface area contributed by atoms with Gasteiger partial charge in [0.2, 0.25) is 0 Å². The van der Waals surface area contributed by atoms with Crippen molar-refractivity contribution >= 4 is 23.1 Å². The Kier molecular flexibility index (Phi) is 4.44. The molecular weight excluding hydrogens is 240 g/mol. The predicted molar refractivity (Wildman–Crippen MR) is 68.6 cm³/mol. The number of aromatic nitrogens is 1. The first-order valence-corrected chi connectivity index (χ1v) is 7.31. The fraction of sp³-hybridized carbons (Fsp3) is 0.364. The number of nitrogens with one attached hydrogen (secondary N) is 1. The second-order valence-electron chi connectivity index (χ2n) is 3.33. The smallest absolute Gasteiger partial charge is 0.118 e. The molecule has 0 aliphatic carbocycles. The summed E-state index contributed by atoms with van der Waals surface area (Å²) in [5, 5.41) is 6.40. The third kappa shape index (κ3) is 3.37. The molecule has 16 heavy (non-hydrogen) atoms. The van der Waals surface area contributed by atoms with Gasteiger partial charge < -0.3 is 9.73 Å². The minimum atomic E-state index is 0.758. The highest BCUT2D eigenvalue weighted by molar-refractivity contribution is 7.97. The molecule has 2 heterocycles. The van der Waals surface area contributed by atoms with Crippen LogP contribution in [-0.4, -0.2) is 11.2 Å². The molecule has 0 fully saturated rings. The van der Waals surface area contributed by atoms with Crippen molar-refractivity contribution in [1.29, 1.82) is 0 Å². The van der Waals surface area contributed by atoms with Crippen molar-refractivity contribution in [1.82, 2.24) is 10.3 Å². The van der Waals surface area contributed by atoms with Gasteiger partial charge in [-0.15, -0.1) is 11.3 Å². The van der Waals surface area contributed by atoms with Crippen molar-refractivity contribution in [3.05, 3.63) is 40.2 Å². The van der Waals surface area contributed by atoms with Crippen LogP contribution in [0.2, 0.25) is 0 Å². The van der Waals surface area contributed by atoms with Gasteiger partial charge in [0.15, 0.2) is 0 Å². The summed E-state index contributed by atoms with van der Waals surface area (Å²) in [4.78, 5) is 4.20. The molecule has 0 spiro atoms. The Morgan fingerprint density at radius 2 is 2.25 bits per heavy atom. The zero-order valence-electron chi connectivity index (χ0n) is 9.10. The van der Waals surface area contributed by atoms with Gasteiger partial charge in [-0.3, -0.25) is 0 Å². The van der Waals surface area contributed by atoms with Gasteiger partial charge in [0.05, 0.1) is 12.3 Å². The van der Waals surface area contributed by atoms with Gasteiger partial charge in [-0.25, -0.2) is 4.98 Å². The second-order valence-corrected chi connectivity index (χ2v) is 5.18. The second kappa shape index (κ2) is 6.08. The molecule has 86 valence electrons. The van der Waals surface area contributed by atoms with Crippen LogP contribution < -0.4 is 5.32 Å². The molecule has 0 amide bonds. The molecule has 0 radical (unpaired) electrons. The molecule has 2 aromatic rings. The van der Waals surface area contributed by atoms with Crippen LogP contribution in [0.15, 0.2) is 28.1 Å². The van der Waals surface area contributed by atoms with Crippen LogP contribution in [0.4, 0.5) is 0 Å². The molecule has 0 aromatic carbocycles. The molecule has 0 bridgehead atoms. The monoisotopic (exact) mass is 254 g/mol. The summed E-state index contributed by atoms with van der Waals surface area (Å²) in [6, 6.07) is 4.07. The third-order valence-corrected chi connectivity index (χ3v) is 3.42. The van der Waals surface area contributed by atoms with Crippen molar-refractivity contribution in [2.75, 3.05) is 6.26 Å². The Bertz CT molecular complexity index is 411. The number of hydrogen-bond acceptors (Lipinski definition) is 5. The van der Waals surface area contributed by atoms with E-state index in [-0.39, 0.29) is 0 Å². The molecule has 1 N–H and O–H groups in total. The summed E-state index contributed by atoms with van der Waals surface area (Å²) in [5.41, 5.74) is 0.